The van der Waals surface area contributed by atoms with Crippen molar-refractivity contribution in [2.45, 2.75) is 238 Å². The Balaban J connectivity index is 4.12. The summed E-state index contributed by atoms with van der Waals surface area (Å²) in [6, 6.07) is 0. The topological polar surface area (TPSA) is 134 Å². The van der Waals surface area contributed by atoms with E-state index >= 15 is 0 Å². The molecule has 2 atom stereocenters. The Bertz CT molecular complexity index is 1060. The van der Waals surface area contributed by atoms with Gasteiger partial charge in [-0.3, -0.25) is 18.6 Å². The molecule has 0 aliphatic heterocycles. The largest absolute Gasteiger partial charge is 0.472 e. The van der Waals surface area contributed by atoms with Crippen LogP contribution in [0.1, 0.15) is 232 Å². The van der Waals surface area contributed by atoms with Crippen LogP contribution < -0.4 is 5.73 Å². The molecular weight excluding hydrogens is 762 g/mol. The van der Waals surface area contributed by atoms with E-state index in [4.69, 9.17) is 24.3 Å². The second-order valence-electron chi connectivity index (χ2n) is 16.3. The van der Waals surface area contributed by atoms with Crippen molar-refractivity contribution >= 4 is 19.8 Å². The lowest BCUT2D eigenvalue weighted by Gasteiger charge is -2.19. The molecule has 0 heterocycles. The van der Waals surface area contributed by atoms with Crippen LogP contribution in [0.15, 0.2) is 36.5 Å². The van der Waals surface area contributed by atoms with Gasteiger partial charge < -0.3 is 20.1 Å². The molecule has 0 spiro atoms. The van der Waals surface area contributed by atoms with E-state index in [1.165, 1.54) is 135 Å². The minimum absolute atomic E-state index is 0.0466. The Morgan fingerprint density at radius 1 is 0.492 bits per heavy atom. The van der Waals surface area contributed by atoms with Crippen LogP contribution in [-0.4, -0.2) is 49.3 Å². The fourth-order valence-corrected chi connectivity index (χ4v) is 7.59. The summed E-state index contributed by atoms with van der Waals surface area (Å²) in [5.74, 6) is -0.882. The second-order valence-corrected chi connectivity index (χ2v) is 17.8. The highest BCUT2D eigenvalue weighted by atomic mass is 31.2. The Labute approximate surface area is 363 Å². The zero-order chi connectivity index (χ0) is 43.2. The molecule has 0 rings (SSSR count). The number of carbonyl (C=O) groups excluding carboxylic acids is 2. The maximum atomic E-state index is 12.6. The monoisotopic (exact) mass is 854 g/mol. The van der Waals surface area contributed by atoms with Gasteiger partial charge in [0.15, 0.2) is 6.10 Å². The van der Waals surface area contributed by atoms with Crippen molar-refractivity contribution in [2.75, 3.05) is 26.4 Å². The molecule has 10 heteroatoms. The Hall–Kier alpha value is -1.77. The highest BCUT2D eigenvalue weighted by Gasteiger charge is 2.26. The van der Waals surface area contributed by atoms with Crippen molar-refractivity contribution in [2.24, 2.45) is 5.73 Å². The van der Waals surface area contributed by atoms with Gasteiger partial charge in [0.05, 0.1) is 13.2 Å². The number of phosphoric acid groups is 1. The van der Waals surface area contributed by atoms with Gasteiger partial charge in [0.2, 0.25) is 0 Å². The predicted octanol–water partition coefficient (Wildman–Crippen LogP) is 14.5. The third kappa shape index (κ3) is 45.6. The lowest BCUT2D eigenvalue weighted by Crippen LogP contribution is -2.29. The standard InChI is InChI=1S/C49H92NO8P/c1-3-5-7-9-11-13-15-17-19-20-21-22-23-24-25-26-28-30-32-34-36-38-40-42-49(52)58-47(46-57-59(53,54)56-44-43-50)45-55-48(51)41-39-37-35-33-31-29-27-18-16-14-12-10-8-6-4-2/h18,26-28,34,36,47H,3-17,19-25,29-33,35,37-46,50H2,1-2H3,(H,53,54)/b27-18+,28-26+,36-34+/t47-/m1/s1. The number of phosphoric ester groups is 1. The smallest absolute Gasteiger partial charge is 0.462 e. The van der Waals surface area contributed by atoms with Crippen LogP contribution >= 0.6 is 7.82 Å². The van der Waals surface area contributed by atoms with Gasteiger partial charge in [-0.15, -0.1) is 0 Å². The van der Waals surface area contributed by atoms with E-state index in [2.05, 4.69) is 50.3 Å². The highest BCUT2D eigenvalue weighted by molar-refractivity contribution is 7.47. The average molecular weight is 854 g/mol. The van der Waals surface area contributed by atoms with Crippen LogP contribution in [0.5, 0.6) is 0 Å². The minimum atomic E-state index is -4.39. The van der Waals surface area contributed by atoms with Gasteiger partial charge in [-0.25, -0.2) is 4.57 Å². The summed E-state index contributed by atoms with van der Waals surface area (Å²) in [7, 11) is -4.39. The van der Waals surface area contributed by atoms with Crippen LogP contribution in [0.25, 0.3) is 0 Å². The lowest BCUT2D eigenvalue weighted by atomic mass is 10.0. The predicted molar refractivity (Wildman–Crippen MR) is 247 cm³/mol. The fourth-order valence-electron chi connectivity index (χ4n) is 6.83. The maximum Gasteiger partial charge on any atom is 0.472 e. The number of ether oxygens (including phenoxy) is 2. The van der Waals surface area contributed by atoms with E-state index in [9.17, 15) is 19.0 Å². The number of hydrogen-bond donors (Lipinski definition) is 2. The normalized spacial score (nSPS) is 13.5. The summed E-state index contributed by atoms with van der Waals surface area (Å²) in [4.78, 5) is 34.9. The number of nitrogens with two attached hydrogens (primary N) is 1. The molecule has 0 fully saturated rings. The van der Waals surface area contributed by atoms with Crippen molar-refractivity contribution < 1.29 is 37.6 Å². The average Bonchev–Trinajstić information content (AvgIpc) is 3.22. The molecule has 0 bridgehead atoms. The van der Waals surface area contributed by atoms with Crippen LogP contribution in [0.2, 0.25) is 0 Å². The molecule has 59 heavy (non-hydrogen) atoms. The van der Waals surface area contributed by atoms with Gasteiger partial charge in [-0.05, 0) is 70.6 Å². The maximum absolute atomic E-state index is 12.6. The van der Waals surface area contributed by atoms with Gasteiger partial charge in [-0.2, -0.15) is 0 Å². The molecule has 0 aliphatic rings. The first-order valence-electron chi connectivity index (χ1n) is 24.5. The molecule has 0 aliphatic carbocycles. The van der Waals surface area contributed by atoms with Gasteiger partial charge in [0.25, 0.3) is 0 Å². The zero-order valence-corrected chi connectivity index (χ0v) is 39.1. The molecule has 346 valence electrons. The lowest BCUT2D eigenvalue weighted by molar-refractivity contribution is -0.161. The van der Waals surface area contributed by atoms with E-state index < -0.39 is 32.5 Å². The molecule has 9 nitrogen and oxygen atoms in total. The van der Waals surface area contributed by atoms with E-state index in [0.717, 1.165) is 64.2 Å². The molecule has 3 N–H and O–H groups in total. The van der Waals surface area contributed by atoms with Crippen molar-refractivity contribution in [3.8, 4) is 0 Å². The molecule has 1 unspecified atom stereocenters. The Morgan fingerprint density at radius 3 is 1.31 bits per heavy atom. The number of hydrogen-bond acceptors (Lipinski definition) is 8. The van der Waals surface area contributed by atoms with Crippen molar-refractivity contribution in [1.29, 1.82) is 0 Å². The Morgan fingerprint density at radius 2 is 0.864 bits per heavy atom. The van der Waals surface area contributed by atoms with Crippen LogP contribution in [-0.2, 0) is 32.7 Å². The molecule has 0 aromatic heterocycles. The summed E-state index contributed by atoms with van der Waals surface area (Å²) >= 11 is 0. The number of rotatable bonds is 46. The SMILES string of the molecule is CCCCCCCC/C=C/CCCCCCCC(=O)OC[C@H](COP(=O)(O)OCCN)OC(=O)CCC/C=C/CC/C=C/CCCCCCCCCCCCCCCC. The van der Waals surface area contributed by atoms with Crippen LogP contribution in [0.4, 0.5) is 0 Å². The molecule has 0 radical (unpaired) electrons. The van der Waals surface area contributed by atoms with E-state index in [0.29, 0.717) is 6.42 Å². The van der Waals surface area contributed by atoms with E-state index in [1.807, 2.05) is 0 Å². The van der Waals surface area contributed by atoms with Gasteiger partial charge in [0, 0.05) is 19.4 Å². The molecule has 0 aromatic carbocycles. The van der Waals surface area contributed by atoms with Crippen molar-refractivity contribution in [3.05, 3.63) is 36.5 Å². The molecule has 0 saturated heterocycles. The third-order valence-electron chi connectivity index (χ3n) is 10.5. The molecule has 0 saturated carbocycles. The van der Waals surface area contributed by atoms with E-state index in [1.54, 1.807) is 0 Å². The fraction of sp³-hybridized carbons (Fsp3) is 0.837. The number of unbranched alkanes of at least 4 members (excludes halogenated alkanes) is 27. The number of esters is 2. The second kappa shape index (κ2) is 45.7. The molecular formula is C49H92NO8P. The summed E-state index contributed by atoms with van der Waals surface area (Å²) < 4.78 is 32.8. The van der Waals surface area contributed by atoms with Crippen LogP contribution in [0, 0.1) is 0 Å². The van der Waals surface area contributed by atoms with Crippen molar-refractivity contribution in [3.63, 3.8) is 0 Å². The first-order valence-corrected chi connectivity index (χ1v) is 26.0. The first kappa shape index (κ1) is 57.2. The van der Waals surface area contributed by atoms with Crippen LogP contribution in [0.3, 0.4) is 0 Å². The van der Waals surface area contributed by atoms with E-state index in [-0.39, 0.29) is 32.6 Å². The number of allylic oxidation sites excluding steroid dienone is 6. The third-order valence-corrected chi connectivity index (χ3v) is 11.5. The first-order chi connectivity index (χ1) is 28.8. The summed E-state index contributed by atoms with van der Waals surface area (Å²) in [5.41, 5.74) is 5.35. The zero-order valence-electron chi connectivity index (χ0n) is 38.2. The highest BCUT2D eigenvalue weighted by Crippen LogP contribution is 2.43. The Kier molecular flexibility index (Phi) is 44.4. The molecule has 0 aromatic rings. The van der Waals surface area contributed by atoms with Gasteiger partial charge >= 0.3 is 19.8 Å². The molecule has 0 amide bonds. The minimum Gasteiger partial charge on any atom is -0.462 e. The van der Waals surface area contributed by atoms with Gasteiger partial charge in [-0.1, -0.05) is 185 Å². The summed E-state index contributed by atoms with van der Waals surface area (Å²) in [6.07, 6.45) is 52.0. The quantitative estimate of drug-likeness (QED) is 0.0265. The summed E-state index contributed by atoms with van der Waals surface area (Å²) in [6.45, 7) is 3.70. The summed E-state index contributed by atoms with van der Waals surface area (Å²) in [5, 5.41) is 0. The number of carbonyl (C=O) groups is 2. The van der Waals surface area contributed by atoms with Crippen molar-refractivity contribution in [1.82, 2.24) is 0 Å². The van der Waals surface area contributed by atoms with Gasteiger partial charge in [0.1, 0.15) is 6.61 Å².